The highest BCUT2D eigenvalue weighted by molar-refractivity contribution is 5.84. The van der Waals surface area contributed by atoms with Crippen LogP contribution in [0.5, 0.6) is 0 Å². The van der Waals surface area contributed by atoms with Gasteiger partial charge in [-0.2, -0.15) is 13.2 Å². The normalized spacial score (nSPS) is 36.7. The van der Waals surface area contributed by atoms with Crippen LogP contribution in [-0.4, -0.2) is 35.3 Å². The van der Waals surface area contributed by atoms with Crippen molar-refractivity contribution in [2.45, 2.75) is 55.7 Å². The Hall–Kier alpha value is -2.05. The first-order valence-corrected chi connectivity index (χ1v) is 9.98. The molecule has 2 saturated carbocycles. The van der Waals surface area contributed by atoms with E-state index in [9.17, 15) is 22.8 Å². The van der Waals surface area contributed by atoms with Gasteiger partial charge in [-0.25, -0.2) is 0 Å². The number of alkyl halides is 3. The molecule has 28 heavy (non-hydrogen) atoms. The highest BCUT2D eigenvalue weighted by Gasteiger charge is 2.59. The lowest BCUT2D eigenvalue weighted by molar-refractivity contribution is -0.143. The summed E-state index contributed by atoms with van der Waals surface area (Å²) in [6, 6.07) is 5.55. The van der Waals surface area contributed by atoms with Gasteiger partial charge in [0.1, 0.15) is 0 Å². The zero-order chi connectivity index (χ0) is 19.7. The van der Waals surface area contributed by atoms with Crippen molar-refractivity contribution in [2.24, 2.45) is 11.8 Å². The van der Waals surface area contributed by atoms with Crippen molar-refractivity contribution in [3.05, 3.63) is 35.4 Å². The SMILES string of the molecule is O=C1CC[C@]2(C[C@H](C(=O)N3CCC4(c5ccc(C(F)(F)F)cc5)CC4C3)C2)N1. The molecular weight excluding hydrogens is 369 g/mol. The van der Waals surface area contributed by atoms with Crippen LogP contribution in [0.3, 0.4) is 0 Å². The molecule has 0 radical (unpaired) electrons. The number of carbonyl (C=O) groups excluding carboxylic acids is 2. The fourth-order valence-electron chi connectivity index (χ4n) is 5.70. The summed E-state index contributed by atoms with van der Waals surface area (Å²) in [4.78, 5) is 26.2. The van der Waals surface area contributed by atoms with Crippen molar-refractivity contribution in [2.75, 3.05) is 13.1 Å². The molecule has 2 atom stereocenters. The Morgan fingerprint density at radius 1 is 1.11 bits per heavy atom. The fraction of sp³-hybridized carbons (Fsp3) is 0.619. The van der Waals surface area contributed by atoms with Crippen LogP contribution in [0.4, 0.5) is 13.2 Å². The Labute approximate surface area is 161 Å². The highest BCUT2D eigenvalue weighted by Crippen LogP contribution is 2.59. The van der Waals surface area contributed by atoms with E-state index in [1.165, 1.54) is 12.1 Å². The fourth-order valence-corrected chi connectivity index (χ4v) is 5.70. The Morgan fingerprint density at radius 3 is 2.39 bits per heavy atom. The summed E-state index contributed by atoms with van der Waals surface area (Å²) >= 11 is 0. The Kier molecular flexibility index (Phi) is 3.69. The number of carbonyl (C=O) groups is 2. The van der Waals surface area contributed by atoms with Crippen LogP contribution in [0.2, 0.25) is 0 Å². The first kappa shape index (κ1) is 18.0. The van der Waals surface area contributed by atoms with Gasteiger partial charge in [-0.1, -0.05) is 12.1 Å². The molecule has 1 aromatic rings. The zero-order valence-electron chi connectivity index (χ0n) is 15.5. The summed E-state index contributed by atoms with van der Waals surface area (Å²) in [5.41, 5.74) is 0.155. The van der Waals surface area contributed by atoms with Gasteiger partial charge in [-0.05, 0) is 55.7 Å². The van der Waals surface area contributed by atoms with Gasteiger partial charge in [0, 0.05) is 36.4 Å². The summed E-state index contributed by atoms with van der Waals surface area (Å²) < 4.78 is 38.4. The highest BCUT2D eigenvalue weighted by atomic mass is 19.4. The third-order valence-corrected chi connectivity index (χ3v) is 7.46. The minimum absolute atomic E-state index is 0.00396. The molecule has 0 bridgehead atoms. The number of likely N-dealkylation sites (tertiary alicyclic amines) is 1. The predicted octanol–water partition coefficient (Wildman–Crippen LogP) is 3.25. The molecule has 7 heteroatoms. The molecule has 2 aliphatic carbocycles. The Bertz CT molecular complexity index is 829. The first-order valence-electron chi connectivity index (χ1n) is 9.98. The van der Waals surface area contributed by atoms with Gasteiger partial charge in [-0.3, -0.25) is 9.59 Å². The van der Waals surface area contributed by atoms with Gasteiger partial charge in [0.15, 0.2) is 0 Å². The average molecular weight is 392 g/mol. The molecule has 4 nitrogen and oxygen atoms in total. The number of fused-ring (bicyclic) bond motifs is 1. The zero-order valence-corrected chi connectivity index (χ0v) is 15.5. The van der Waals surface area contributed by atoms with E-state index in [-0.39, 0.29) is 28.7 Å². The van der Waals surface area contributed by atoms with Crippen LogP contribution < -0.4 is 5.32 Å². The minimum atomic E-state index is -4.31. The van der Waals surface area contributed by atoms with E-state index >= 15 is 0 Å². The topological polar surface area (TPSA) is 49.4 Å². The van der Waals surface area contributed by atoms with Gasteiger partial charge < -0.3 is 10.2 Å². The maximum atomic E-state index is 12.9. The lowest BCUT2D eigenvalue weighted by Gasteiger charge is -2.46. The minimum Gasteiger partial charge on any atom is -0.351 e. The summed E-state index contributed by atoms with van der Waals surface area (Å²) in [5.74, 6) is 0.598. The van der Waals surface area contributed by atoms with Crippen molar-refractivity contribution in [1.82, 2.24) is 10.2 Å². The Morgan fingerprint density at radius 2 is 1.82 bits per heavy atom. The molecule has 150 valence electrons. The molecule has 2 saturated heterocycles. The van der Waals surface area contributed by atoms with E-state index in [4.69, 9.17) is 0 Å². The van der Waals surface area contributed by atoms with Crippen LogP contribution in [-0.2, 0) is 21.2 Å². The van der Waals surface area contributed by atoms with E-state index in [0.29, 0.717) is 25.4 Å². The molecule has 0 aromatic heterocycles. The van der Waals surface area contributed by atoms with Crippen molar-refractivity contribution in [3.8, 4) is 0 Å². The van der Waals surface area contributed by atoms with Crippen molar-refractivity contribution in [1.29, 1.82) is 0 Å². The van der Waals surface area contributed by atoms with E-state index in [1.54, 1.807) is 12.1 Å². The molecule has 4 aliphatic rings. The summed E-state index contributed by atoms with van der Waals surface area (Å²) in [7, 11) is 0. The monoisotopic (exact) mass is 392 g/mol. The standard InChI is InChI=1S/C21H23F3N2O2/c22-21(23,24)15-3-1-14(2-4-15)20-7-8-26(12-16(20)11-20)18(28)13-9-19(10-13)6-5-17(27)25-19/h1-4,13,16H,5-12H2,(H,25,27)/t13-,16?,19+,20?. The molecular formula is C21H23F3N2O2. The van der Waals surface area contributed by atoms with E-state index in [1.807, 2.05) is 4.90 Å². The molecule has 5 rings (SSSR count). The quantitative estimate of drug-likeness (QED) is 0.840. The largest absolute Gasteiger partial charge is 0.416 e. The number of nitrogens with zero attached hydrogens (tertiary/aromatic N) is 1. The van der Waals surface area contributed by atoms with Crippen molar-refractivity contribution in [3.63, 3.8) is 0 Å². The predicted molar refractivity (Wildman–Crippen MR) is 95.3 cm³/mol. The average Bonchev–Trinajstić information content (AvgIpc) is 3.25. The number of hydrogen-bond acceptors (Lipinski definition) is 2. The van der Waals surface area contributed by atoms with E-state index in [0.717, 1.165) is 37.7 Å². The van der Waals surface area contributed by atoms with Gasteiger partial charge in [0.05, 0.1) is 5.56 Å². The second-order valence-corrected chi connectivity index (χ2v) is 9.10. The van der Waals surface area contributed by atoms with Gasteiger partial charge in [0.25, 0.3) is 0 Å². The molecule has 1 N–H and O–H groups in total. The number of halogens is 3. The number of amides is 2. The molecule has 4 fully saturated rings. The van der Waals surface area contributed by atoms with Crippen LogP contribution >= 0.6 is 0 Å². The van der Waals surface area contributed by atoms with Gasteiger partial charge in [0.2, 0.25) is 11.8 Å². The third kappa shape index (κ3) is 2.73. The van der Waals surface area contributed by atoms with Crippen LogP contribution in [0.1, 0.15) is 49.7 Å². The lowest BCUT2D eigenvalue weighted by atomic mass is 9.67. The molecule has 2 heterocycles. The second-order valence-electron chi connectivity index (χ2n) is 9.10. The van der Waals surface area contributed by atoms with Gasteiger partial charge >= 0.3 is 6.18 Å². The number of hydrogen-bond donors (Lipinski definition) is 1. The summed E-state index contributed by atoms with van der Waals surface area (Å²) in [6.45, 7) is 1.35. The molecule has 2 aliphatic heterocycles. The summed E-state index contributed by atoms with van der Waals surface area (Å²) in [6.07, 6.45) is 0.299. The third-order valence-electron chi connectivity index (χ3n) is 7.46. The first-order chi connectivity index (χ1) is 13.2. The number of benzene rings is 1. The van der Waals surface area contributed by atoms with Crippen molar-refractivity contribution >= 4 is 11.8 Å². The van der Waals surface area contributed by atoms with Gasteiger partial charge in [-0.15, -0.1) is 0 Å². The summed E-state index contributed by atoms with van der Waals surface area (Å²) in [5, 5.41) is 3.02. The van der Waals surface area contributed by atoms with Crippen LogP contribution in [0.15, 0.2) is 24.3 Å². The smallest absolute Gasteiger partial charge is 0.351 e. The molecule has 2 unspecified atom stereocenters. The number of nitrogens with one attached hydrogen (secondary N) is 1. The number of piperidine rings is 1. The molecule has 1 aromatic carbocycles. The molecule has 2 amide bonds. The van der Waals surface area contributed by atoms with E-state index < -0.39 is 11.7 Å². The lowest BCUT2D eigenvalue weighted by Crippen LogP contribution is -2.57. The maximum Gasteiger partial charge on any atom is 0.416 e. The van der Waals surface area contributed by atoms with Crippen LogP contribution in [0.25, 0.3) is 0 Å². The van der Waals surface area contributed by atoms with Crippen LogP contribution in [0, 0.1) is 11.8 Å². The van der Waals surface area contributed by atoms with Crippen molar-refractivity contribution < 1.29 is 22.8 Å². The molecule has 1 spiro atoms. The number of rotatable bonds is 2. The maximum absolute atomic E-state index is 12.9. The Balaban J connectivity index is 1.20. The van der Waals surface area contributed by atoms with E-state index in [2.05, 4.69) is 5.32 Å². The second kappa shape index (κ2) is 5.74.